The van der Waals surface area contributed by atoms with Crippen molar-refractivity contribution >= 4 is 35.1 Å². The maximum atomic E-state index is 12.1. The molecule has 38 heavy (non-hydrogen) atoms. The predicted octanol–water partition coefficient (Wildman–Crippen LogP) is 4.85. The van der Waals surface area contributed by atoms with Gasteiger partial charge in [-0.25, -0.2) is 0 Å². The molecule has 204 valence electrons. The number of carbonyl (C=O) groups excluding carboxylic acids is 3. The predicted molar refractivity (Wildman–Crippen MR) is 142 cm³/mol. The smallest absolute Gasteiger partial charge is 0.303 e. The lowest BCUT2D eigenvalue weighted by atomic mass is 9.89. The van der Waals surface area contributed by atoms with Crippen LogP contribution in [0.4, 0.5) is 0 Å². The van der Waals surface area contributed by atoms with Crippen LogP contribution in [0.5, 0.6) is 0 Å². The van der Waals surface area contributed by atoms with Crippen LogP contribution in [0.3, 0.4) is 0 Å². The van der Waals surface area contributed by atoms with Crippen LogP contribution in [0.15, 0.2) is 49.0 Å². The van der Waals surface area contributed by atoms with Gasteiger partial charge in [-0.2, -0.15) is 0 Å². The normalized spacial score (nSPS) is 22.8. The van der Waals surface area contributed by atoms with Crippen LogP contribution in [-0.2, 0) is 44.5 Å². The minimum absolute atomic E-state index is 0.189. The zero-order valence-electron chi connectivity index (χ0n) is 22.2. The Labute approximate surface area is 227 Å². The maximum absolute atomic E-state index is 12.1. The molecule has 2 aromatic rings. The molecule has 0 unspecified atom stereocenters. The first-order valence-electron chi connectivity index (χ1n) is 12.2. The van der Waals surface area contributed by atoms with Gasteiger partial charge in [-0.15, -0.1) is 0 Å². The van der Waals surface area contributed by atoms with E-state index in [2.05, 4.69) is 6.58 Å². The van der Waals surface area contributed by atoms with Crippen molar-refractivity contribution in [2.75, 3.05) is 13.7 Å². The van der Waals surface area contributed by atoms with Gasteiger partial charge in [0.05, 0.1) is 0 Å². The minimum Gasteiger partial charge on any atom is -0.463 e. The van der Waals surface area contributed by atoms with Crippen LogP contribution in [0.1, 0.15) is 56.1 Å². The molecule has 0 saturated carbocycles. The Balaban J connectivity index is 1.99. The Morgan fingerprint density at radius 1 is 0.895 bits per heavy atom. The van der Waals surface area contributed by atoms with Gasteiger partial charge in [0.1, 0.15) is 24.9 Å². The van der Waals surface area contributed by atoms with Crippen molar-refractivity contribution in [1.82, 2.24) is 0 Å². The second-order valence-corrected chi connectivity index (χ2v) is 9.66. The molecule has 0 spiro atoms. The largest absolute Gasteiger partial charge is 0.463 e. The van der Waals surface area contributed by atoms with E-state index in [9.17, 15) is 14.4 Å². The lowest BCUT2D eigenvalue weighted by Crippen LogP contribution is -2.59. The van der Waals surface area contributed by atoms with Crippen LogP contribution >= 0.6 is 11.6 Å². The van der Waals surface area contributed by atoms with Gasteiger partial charge in [0, 0.05) is 32.9 Å². The number of benzene rings is 2. The number of hydrogen-bond donors (Lipinski definition) is 0. The highest BCUT2D eigenvalue weighted by atomic mass is 35.5. The molecule has 2 aromatic carbocycles. The molecule has 9 heteroatoms. The molecule has 1 fully saturated rings. The molecule has 5 atom stereocenters. The Bertz CT molecular complexity index is 1180. The molecule has 0 N–H and O–H groups in total. The summed E-state index contributed by atoms with van der Waals surface area (Å²) in [5, 5.41) is 0.565. The molecule has 0 bridgehead atoms. The molecule has 1 aliphatic rings. The van der Waals surface area contributed by atoms with E-state index in [4.69, 9.17) is 35.3 Å². The van der Waals surface area contributed by atoms with E-state index in [1.54, 1.807) is 12.1 Å². The van der Waals surface area contributed by atoms with E-state index in [1.165, 1.54) is 27.9 Å². The van der Waals surface area contributed by atoms with Gasteiger partial charge in [0.15, 0.2) is 12.2 Å². The molecule has 1 heterocycles. The molecular weight excluding hydrogens is 512 g/mol. The number of methoxy groups -OCH3 is 1. The van der Waals surface area contributed by atoms with Gasteiger partial charge in [0.2, 0.25) is 0 Å². The summed E-state index contributed by atoms with van der Waals surface area (Å²) in [6.07, 6.45) is -3.99. The average molecular weight is 545 g/mol. The monoisotopic (exact) mass is 544 g/mol. The third-order valence-electron chi connectivity index (χ3n) is 6.20. The molecule has 0 aromatic heterocycles. The quantitative estimate of drug-likeness (QED) is 0.326. The van der Waals surface area contributed by atoms with Crippen molar-refractivity contribution < 1.29 is 38.1 Å². The highest BCUT2D eigenvalue weighted by molar-refractivity contribution is 6.31. The van der Waals surface area contributed by atoms with E-state index in [-0.39, 0.29) is 6.61 Å². The van der Waals surface area contributed by atoms with Gasteiger partial charge in [-0.05, 0) is 41.7 Å². The number of halogens is 1. The van der Waals surface area contributed by atoms with E-state index in [0.717, 1.165) is 22.3 Å². The Hall–Kier alpha value is -3.20. The molecule has 0 amide bonds. The SMILES string of the molecule is C=C(C)c1ccc(Cc2cc([C@@H]3O[C@H](COC(C)=O)[C@@H](OC(C)=O)[C@H](OC)[C@H]3OC(C)=O)ccc2Cl)cc1. The fourth-order valence-electron chi connectivity index (χ4n) is 4.47. The van der Waals surface area contributed by atoms with Crippen LogP contribution < -0.4 is 0 Å². The van der Waals surface area contributed by atoms with Crippen LogP contribution in [0.25, 0.3) is 5.57 Å². The molecule has 0 radical (unpaired) electrons. The minimum atomic E-state index is -0.990. The van der Waals surface area contributed by atoms with Crippen LogP contribution in [-0.4, -0.2) is 56.0 Å². The number of allylic oxidation sites excluding steroid dienone is 1. The standard InChI is InChI=1S/C29H33ClO8/c1-16(2)21-9-7-20(8-10-21)13-23-14-22(11-12-24(23)30)26-29(37-19(5)33)28(34-6)27(36-18(4)32)25(38-26)15-35-17(3)31/h7-12,14,25-29H,1,13,15H2,2-6H3/t25-,26+,27-,28+,29+/m1/s1. The molecule has 8 nitrogen and oxygen atoms in total. The van der Waals surface area contributed by atoms with Gasteiger partial charge in [-0.3, -0.25) is 14.4 Å². The summed E-state index contributed by atoms with van der Waals surface area (Å²) >= 11 is 6.56. The average Bonchev–Trinajstić information content (AvgIpc) is 2.84. The lowest BCUT2D eigenvalue weighted by Gasteiger charge is -2.44. The maximum Gasteiger partial charge on any atom is 0.303 e. The summed E-state index contributed by atoms with van der Waals surface area (Å²) in [5.41, 5.74) is 4.59. The summed E-state index contributed by atoms with van der Waals surface area (Å²) in [7, 11) is 1.42. The number of ether oxygens (including phenoxy) is 5. The van der Waals surface area contributed by atoms with E-state index in [1.807, 2.05) is 37.3 Å². The van der Waals surface area contributed by atoms with Gasteiger partial charge < -0.3 is 23.7 Å². The topological polar surface area (TPSA) is 97.4 Å². The van der Waals surface area contributed by atoms with Crippen molar-refractivity contribution in [3.05, 3.63) is 76.3 Å². The summed E-state index contributed by atoms with van der Waals surface area (Å²) in [6, 6.07) is 13.5. The Morgan fingerprint density at radius 2 is 1.53 bits per heavy atom. The number of rotatable bonds is 9. The van der Waals surface area contributed by atoms with Gasteiger partial charge >= 0.3 is 17.9 Å². The second-order valence-electron chi connectivity index (χ2n) is 9.25. The van der Waals surface area contributed by atoms with Crippen molar-refractivity contribution in [2.45, 2.75) is 64.6 Å². The molecule has 1 aliphatic heterocycles. The van der Waals surface area contributed by atoms with Crippen molar-refractivity contribution in [3.8, 4) is 0 Å². The van der Waals surface area contributed by atoms with Crippen molar-refractivity contribution in [1.29, 1.82) is 0 Å². The van der Waals surface area contributed by atoms with Gasteiger partial charge in [0.25, 0.3) is 0 Å². The first-order chi connectivity index (χ1) is 18.0. The molecule has 0 aliphatic carbocycles. The number of hydrogen-bond acceptors (Lipinski definition) is 8. The third-order valence-corrected chi connectivity index (χ3v) is 6.57. The van der Waals surface area contributed by atoms with Gasteiger partial charge in [-0.1, -0.05) is 60.2 Å². The Kier molecular flexibility index (Phi) is 10.1. The summed E-state index contributed by atoms with van der Waals surface area (Å²) < 4.78 is 28.3. The summed E-state index contributed by atoms with van der Waals surface area (Å²) in [4.78, 5) is 35.5. The first kappa shape index (κ1) is 29.4. The fraction of sp³-hybridized carbons (Fsp3) is 0.414. The van der Waals surface area contributed by atoms with Crippen LogP contribution in [0.2, 0.25) is 5.02 Å². The molecular formula is C29H33ClO8. The first-order valence-corrected chi connectivity index (χ1v) is 12.6. The highest BCUT2D eigenvalue weighted by Gasteiger charge is 2.51. The summed E-state index contributed by atoms with van der Waals surface area (Å²) in [5.74, 6) is -1.66. The highest BCUT2D eigenvalue weighted by Crippen LogP contribution is 2.38. The van der Waals surface area contributed by atoms with Crippen LogP contribution in [0, 0.1) is 0 Å². The summed E-state index contributed by atoms with van der Waals surface area (Å²) in [6.45, 7) is 9.52. The molecule has 1 saturated heterocycles. The lowest BCUT2D eigenvalue weighted by molar-refractivity contribution is -0.253. The van der Waals surface area contributed by atoms with Crippen molar-refractivity contribution in [3.63, 3.8) is 0 Å². The number of esters is 3. The zero-order valence-corrected chi connectivity index (χ0v) is 22.9. The van der Waals surface area contributed by atoms with E-state index in [0.29, 0.717) is 17.0 Å². The number of carbonyl (C=O) groups is 3. The Morgan fingerprint density at radius 3 is 2.08 bits per heavy atom. The second kappa shape index (κ2) is 13.0. The zero-order chi connectivity index (χ0) is 28.0. The fourth-order valence-corrected chi connectivity index (χ4v) is 4.66. The third kappa shape index (κ3) is 7.43. The van der Waals surface area contributed by atoms with E-state index >= 15 is 0 Å². The van der Waals surface area contributed by atoms with E-state index < -0.39 is 48.4 Å². The molecule has 3 rings (SSSR count). The van der Waals surface area contributed by atoms with Crippen molar-refractivity contribution in [2.24, 2.45) is 0 Å².